The number of nitrogens with zero attached hydrogens (tertiary/aromatic N) is 3. The quantitative estimate of drug-likeness (QED) is 0.358. The zero-order chi connectivity index (χ0) is 24.6. The Morgan fingerprint density at radius 1 is 1.26 bits per heavy atom. The first-order chi connectivity index (χ1) is 16.1. The topological polar surface area (TPSA) is 156 Å². The van der Waals surface area contributed by atoms with Crippen LogP contribution in [-0.4, -0.2) is 49.9 Å². The Bertz CT molecular complexity index is 1480. The van der Waals surface area contributed by atoms with Crippen LogP contribution in [0.4, 0.5) is 16.0 Å². The molecule has 0 aliphatic rings. The smallest absolute Gasteiger partial charge is 0.255 e. The summed E-state index contributed by atoms with van der Waals surface area (Å²) in [5, 5.41) is 10.4. The van der Waals surface area contributed by atoms with Crippen LogP contribution < -0.4 is 20.1 Å². The Morgan fingerprint density at radius 3 is 2.56 bits per heavy atom. The number of carbonyl (C=O) groups is 1. The molecule has 13 heteroatoms. The van der Waals surface area contributed by atoms with Gasteiger partial charge in [0.2, 0.25) is 16.0 Å². The third kappa shape index (κ3) is 4.37. The van der Waals surface area contributed by atoms with Gasteiger partial charge >= 0.3 is 0 Å². The first-order valence-electron chi connectivity index (χ1n) is 9.90. The number of hydrogen-bond donors (Lipinski definition) is 3. The van der Waals surface area contributed by atoms with Gasteiger partial charge in [0.05, 0.1) is 17.5 Å². The number of nitrogens with one attached hydrogen (secondary N) is 2. The Kier molecular flexibility index (Phi) is 5.87. The van der Waals surface area contributed by atoms with Crippen molar-refractivity contribution in [2.24, 2.45) is 0 Å². The lowest BCUT2D eigenvalue weighted by molar-refractivity contribution is 0.0964. The largest absolute Gasteiger partial charge is 0.483 e. The first kappa shape index (κ1) is 23.0. The molecule has 2 aromatic heterocycles. The lowest BCUT2D eigenvalue weighted by Gasteiger charge is -2.20. The van der Waals surface area contributed by atoms with Gasteiger partial charge < -0.3 is 25.2 Å². The van der Waals surface area contributed by atoms with Crippen molar-refractivity contribution in [2.75, 3.05) is 30.4 Å². The molecule has 0 aliphatic heterocycles. The summed E-state index contributed by atoms with van der Waals surface area (Å²) in [6.45, 7) is -0.0989. The summed E-state index contributed by atoms with van der Waals surface area (Å²) in [5.74, 6) is -0.132. The van der Waals surface area contributed by atoms with E-state index in [2.05, 4.69) is 20.5 Å². The minimum Gasteiger partial charge on any atom is -0.483 e. The molecule has 0 bridgehead atoms. The van der Waals surface area contributed by atoms with Crippen LogP contribution in [0.15, 0.2) is 40.8 Å². The summed E-state index contributed by atoms with van der Waals surface area (Å²) in [4.78, 5) is 15.5. The number of sulfonamides is 1. The van der Waals surface area contributed by atoms with E-state index in [0.29, 0.717) is 16.8 Å². The molecule has 4 aromatic rings. The number of carbonyl (C=O) groups excluding carboxylic acids is 1. The van der Waals surface area contributed by atoms with Gasteiger partial charge in [0.25, 0.3) is 5.91 Å². The Morgan fingerprint density at radius 2 is 1.97 bits per heavy atom. The van der Waals surface area contributed by atoms with Crippen molar-refractivity contribution >= 4 is 38.5 Å². The average Bonchev–Trinajstić information content (AvgIpc) is 3.38. The van der Waals surface area contributed by atoms with Crippen LogP contribution >= 0.6 is 0 Å². The number of nitrogen functional groups attached to an aromatic ring is 1. The number of nitrogens with two attached hydrogens (primary N) is 1. The molecule has 1 amide bonds. The number of furan rings is 1. The number of rotatable bonds is 7. The summed E-state index contributed by atoms with van der Waals surface area (Å²) < 4.78 is 50.8. The highest BCUT2D eigenvalue weighted by Gasteiger charge is 2.26. The summed E-state index contributed by atoms with van der Waals surface area (Å²) in [7, 11) is -0.846. The zero-order valence-electron chi connectivity index (χ0n) is 18.4. The monoisotopic (exact) mass is 488 g/mol. The molecule has 0 fully saturated rings. The molecular weight excluding hydrogens is 467 g/mol. The lowest BCUT2D eigenvalue weighted by atomic mass is 10.0. The van der Waals surface area contributed by atoms with Crippen LogP contribution in [0, 0.1) is 5.82 Å². The van der Waals surface area contributed by atoms with Gasteiger partial charge in [0.1, 0.15) is 29.5 Å². The maximum absolute atomic E-state index is 13.5. The number of halogens is 1. The van der Waals surface area contributed by atoms with Gasteiger partial charge in [0.15, 0.2) is 5.82 Å². The van der Waals surface area contributed by atoms with E-state index in [1.165, 1.54) is 50.5 Å². The van der Waals surface area contributed by atoms with E-state index in [4.69, 9.17) is 14.9 Å². The SMILES string of the molecule is CNC(=O)c1c(-c2ccc(F)cc2)oc2cc(N(C)S(C)(=O)=O)c(OCc3nnc(N)[nH]3)cc12. The van der Waals surface area contributed by atoms with Crippen LogP contribution in [0.5, 0.6) is 5.75 Å². The molecule has 0 aliphatic carbocycles. The molecule has 0 saturated carbocycles. The van der Waals surface area contributed by atoms with Crippen molar-refractivity contribution in [3.8, 4) is 17.1 Å². The van der Waals surface area contributed by atoms with E-state index >= 15 is 0 Å². The molecule has 0 radical (unpaired) electrons. The van der Waals surface area contributed by atoms with Crippen molar-refractivity contribution in [3.05, 3.63) is 53.6 Å². The summed E-state index contributed by atoms with van der Waals surface area (Å²) >= 11 is 0. The molecule has 4 rings (SSSR count). The molecule has 4 N–H and O–H groups in total. The number of hydrogen-bond acceptors (Lipinski definition) is 8. The van der Waals surface area contributed by atoms with E-state index < -0.39 is 21.7 Å². The van der Waals surface area contributed by atoms with Crippen molar-refractivity contribution in [1.29, 1.82) is 0 Å². The predicted molar refractivity (Wildman–Crippen MR) is 123 cm³/mol. The number of benzene rings is 2. The number of H-pyrrole nitrogens is 1. The Balaban J connectivity index is 1.92. The zero-order valence-corrected chi connectivity index (χ0v) is 19.2. The number of aromatic amines is 1. The second kappa shape index (κ2) is 8.67. The number of aromatic nitrogens is 3. The van der Waals surface area contributed by atoms with Gasteiger partial charge in [-0.05, 0) is 30.3 Å². The van der Waals surface area contributed by atoms with Gasteiger partial charge in [-0.1, -0.05) is 0 Å². The van der Waals surface area contributed by atoms with Gasteiger partial charge in [-0.15, -0.1) is 10.2 Å². The third-order valence-electron chi connectivity index (χ3n) is 5.08. The van der Waals surface area contributed by atoms with Gasteiger partial charge in [0, 0.05) is 31.1 Å². The van der Waals surface area contributed by atoms with E-state index in [-0.39, 0.29) is 40.9 Å². The van der Waals surface area contributed by atoms with Crippen LogP contribution in [0.25, 0.3) is 22.3 Å². The molecule has 2 heterocycles. The van der Waals surface area contributed by atoms with E-state index in [0.717, 1.165) is 10.6 Å². The van der Waals surface area contributed by atoms with Gasteiger partial charge in [-0.25, -0.2) is 12.8 Å². The Labute approximate surface area is 193 Å². The highest BCUT2D eigenvalue weighted by Crippen LogP contribution is 2.41. The minimum absolute atomic E-state index is 0.0989. The molecule has 0 saturated heterocycles. The number of anilines is 2. The maximum atomic E-state index is 13.5. The highest BCUT2D eigenvalue weighted by molar-refractivity contribution is 7.92. The number of ether oxygens (including phenoxy) is 1. The van der Waals surface area contributed by atoms with Gasteiger partial charge in [-0.2, -0.15) is 0 Å². The van der Waals surface area contributed by atoms with Crippen LogP contribution in [-0.2, 0) is 16.6 Å². The normalized spacial score (nSPS) is 11.5. The second-order valence-corrected chi connectivity index (χ2v) is 9.40. The van der Waals surface area contributed by atoms with Crippen molar-refractivity contribution < 1.29 is 26.8 Å². The summed E-state index contributed by atoms with van der Waals surface area (Å²) in [6, 6.07) is 8.42. The van der Waals surface area contributed by atoms with Crippen LogP contribution in [0.1, 0.15) is 16.2 Å². The maximum Gasteiger partial charge on any atom is 0.255 e. The van der Waals surface area contributed by atoms with Crippen molar-refractivity contribution in [1.82, 2.24) is 20.5 Å². The molecule has 178 valence electrons. The van der Waals surface area contributed by atoms with Crippen LogP contribution in [0.3, 0.4) is 0 Å². The van der Waals surface area contributed by atoms with Gasteiger partial charge in [-0.3, -0.25) is 9.10 Å². The molecule has 2 aromatic carbocycles. The Hall–Kier alpha value is -4.13. The van der Waals surface area contributed by atoms with E-state index in [1.807, 2.05) is 0 Å². The molecule has 11 nitrogen and oxygen atoms in total. The molecule has 0 unspecified atom stereocenters. The molecule has 34 heavy (non-hydrogen) atoms. The molecule has 0 atom stereocenters. The third-order valence-corrected chi connectivity index (χ3v) is 6.27. The number of fused-ring (bicyclic) bond motifs is 1. The highest BCUT2D eigenvalue weighted by atomic mass is 32.2. The fraction of sp³-hybridized carbons (Fsp3) is 0.190. The lowest BCUT2D eigenvalue weighted by Crippen LogP contribution is -2.25. The minimum atomic E-state index is -3.67. The molecular formula is C21H21FN6O5S. The average molecular weight is 489 g/mol. The summed E-state index contributed by atoms with van der Waals surface area (Å²) in [5.41, 5.74) is 6.60. The summed E-state index contributed by atoms with van der Waals surface area (Å²) in [6.07, 6.45) is 1.04. The van der Waals surface area contributed by atoms with E-state index in [9.17, 15) is 17.6 Å². The number of amides is 1. The predicted octanol–water partition coefficient (Wildman–Crippen LogP) is 2.27. The fourth-order valence-electron chi connectivity index (χ4n) is 3.33. The first-order valence-corrected chi connectivity index (χ1v) is 11.8. The van der Waals surface area contributed by atoms with Crippen LogP contribution in [0.2, 0.25) is 0 Å². The second-order valence-electron chi connectivity index (χ2n) is 7.38. The molecule has 0 spiro atoms. The van der Waals surface area contributed by atoms with Crippen molar-refractivity contribution in [3.63, 3.8) is 0 Å². The fourth-order valence-corrected chi connectivity index (χ4v) is 3.83. The standard InChI is InChI=1S/C21H21FN6O5S/c1-24-20(29)18-13-8-16(32-10-17-25-21(23)27-26-17)14(28(2)34(3,30)31)9-15(13)33-19(18)11-4-6-12(22)7-5-11/h4-9H,10H2,1-3H3,(H,24,29)(H3,23,25,26,27). The van der Waals surface area contributed by atoms with E-state index in [1.54, 1.807) is 0 Å². The van der Waals surface area contributed by atoms with Crippen molar-refractivity contribution in [2.45, 2.75) is 6.61 Å².